The number of benzene rings is 1. The minimum Gasteiger partial charge on any atom is -0.496 e. The van der Waals surface area contributed by atoms with Crippen LogP contribution in [0.5, 0.6) is 5.75 Å². The van der Waals surface area contributed by atoms with Crippen LogP contribution >= 0.6 is 0 Å². The highest BCUT2D eigenvalue weighted by atomic mass is 16.5. The van der Waals surface area contributed by atoms with Crippen molar-refractivity contribution in [1.82, 2.24) is 9.80 Å². The molecule has 1 aliphatic rings. The van der Waals surface area contributed by atoms with Crippen LogP contribution in [0, 0.1) is 0 Å². The van der Waals surface area contributed by atoms with Crippen LogP contribution < -0.4 is 4.74 Å². The summed E-state index contributed by atoms with van der Waals surface area (Å²) in [5, 5.41) is 0. The molecule has 0 radical (unpaired) electrons. The standard InChI is InChI=1S/C17H28N2O2/c1-18(12-16-6-5-9-19(16)2)11-14-7-8-17(21-4)15(10-14)13-20-3/h7-8,10,16H,5-6,9,11-13H2,1-4H3/t16-/m1/s1. The zero-order valence-corrected chi connectivity index (χ0v) is 13.8. The second-order valence-electron chi connectivity index (χ2n) is 6.05. The monoisotopic (exact) mass is 292 g/mol. The smallest absolute Gasteiger partial charge is 0.124 e. The fourth-order valence-corrected chi connectivity index (χ4v) is 3.14. The zero-order chi connectivity index (χ0) is 15.2. The van der Waals surface area contributed by atoms with Gasteiger partial charge in [0.05, 0.1) is 13.7 Å². The van der Waals surface area contributed by atoms with E-state index in [0.29, 0.717) is 12.6 Å². The average Bonchev–Trinajstić information content (AvgIpc) is 2.85. The van der Waals surface area contributed by atoms with Gasteiger partial charge in [-0.2, -0.15) is 0 Å². The third-order valence-electron chi connectivity index (χ3n) is 4.29. The molecule has 1 heterocycles. The SMILES string of the molecule is COCc1cc(CN(C)C[C@H]2CCCN2C)ccc1OC. The van der Waals surface area contributed by atoms with Gasteiger partial charge in [0.15, 0.2) is 0 Å². The van der Waals surface area contributed by atoms with E-state index in [1.54, 1.807) is 14.2 Å². The predicted molar refractivity (Wildman–Crippen MR) is 85.7 cm³/mol. The van der Waals surface area contributed by atoms with E-state index < -0.39 is 0 Å². The molecule has 0 saturated carbocycles. The zero-order valence-electron chi connectivity index (χ0n) is 13.8. The Morgan fingerprint density at radius 3 is 2.76 bits per heavy atom. The normalized spacial score (nSPS) is 19.4. The molecule has 1 aromatic rings. The first-order valence-electron chi connectivity index (χ1n) is 7.67. The molecule has 4 nitrogen and oxygen atoms in total. The molecule has 2 rings (SSSR count). The Balaban J connectivity index is 1.96. The molecule has 4 heteroatoms. The van der Waals surface area contributed by atoms with Gasteiger partial charge in [-0.3, -0.25) is 0 Å². The van der Waals surface area contributed by atoms with Crippen LogP contribution in [0.25, 0.3) is 0 Å². The molecule has 1 fully saturated rings. The van der Waals surface area contributed by atoms with Crippen molar-refractivity contribution in [2.45, 2.75) is 32.0 Å². The Kier molecular flexibility index (Phi) is 6.03. The van der Waals surface area contributed by atoms with E-state index in [4.69, 9.17) is 9.47 Å². The van der Waals surface area contributed by atoms with Crippen molar-refractivity contribution in [2.24, 2.45) is 0 Å². The maximum Gasteiger partial charge on any atom is 0.124 e. The molecule has 0 amide bonds. The van der Waals surface area contributed by atoms with Crippen molar-refractivity contribution in [1.29, 1.82) is 0 Å². The largest absolute Gasteiger partial charge is 0.496 e. The second-order valence-corrected chi connectivity index (χ2v) is 6.05. The van der Waals surface area contributed by atoms with Crippen molar-refractivity contribution >= 4 is 0 Å². The van der Waals surface area contributed by atoms with Crippen molar-refractivity contribution < 1.29 is 9.47 Å². The molecule has 0 aromatic heterocycles. The fourth-order valence-electron chi connectivity index (χ4n) is 3.14. The van der Waals surface area contributed by atoms with E-state index in [1.165, 1.54) is 24.9 Å². The number of likely N-dealkylation sites (N-methyl/N-ethyl adjacent to an activating group) is 2. The van der Waals surface area contributed by atoms with Gasteiger partial charge in [-0.25, -0.2) is 0 Å². The van der Waals surface area contributed by atoms with E-state index in [0.717, 1.165) is 24.4 Å². The lowest BCUT2D eigenvalue weighted by Gasteiger charge is -2.26. The Hall–Kier alpha value is -1.10. The Morgan fingerprint density at radius 2 is 2.14 bits per heavy atom. The van der Waals surface area contributed by atoms with Gasteiger partial charge in [0, 0.05) is 31.8 Å². The lowest BCUT2D eigenvalue weighted by Crippen LogP contribution is -2.36. The summed E-state index contributed by atoms with van der Waals surface area (Å²) in [4.78, 5) is 4.88. The molecule has 1 saturated heterocycles. The fraction of sp³-hybridized carbons (Fsp3) is 0.647. The molecular formula is C17H28N2O2. The number of hydrogen-bond acceptors (Lipinski definition) is 4. The van der Waals surface area contributed by atoms with Gasteiger partial charge in [-0.1, -0.05) is 6.07 Å². The first kappa shape index (κ1) is 16.3. The Bertz CT molecular complexity index is 450. The minimum atomic E-state index is 0.589. The van der Waals surface area contributed by atoms with Crippen LogP contribution in [-0.2, 0) is 17.9 Å². The molecule has 0 aliphatic carbocycles. The van der Waals surface area contributed by atoms with Crippen LogP contribution in [-0.4, -0.2) is 57.2 Å². The van der Waals surface area contributed by atoms with E-state index in [9.17, 15) is 0 Å². The molecule has 1 atom stereocenters. The highest BCUT2D eigenvalue weighted by molar-refractivity contribution is 5.36. The molecule has 0 N–H and O–H groups in total. The summed E-state index contributed by atoms with van der Waals surface area (Å²) in [5.74, 6) is 0.902. The van der Waals surface area contributed by atoms with Gasteiger partial charge < -0.3 is 19.3 Å². The highest BCUT2D eigenvalue weighted by Crippen LogP contribution is 2.22. The summed E-state index contributed by atoms with van der Waals surface area (Å²) in [6, 6.07) is 7.08. The Labute approximate surface area is 128 Å². The van der Waals surface area contributed by atoms with Crippen LogP contribution in [0.1, 0.15) is 24.0 Å². The van der Waals surface area contributed by atoms with E-state index in [2.05, 4.69) is 36.0 Å². The topological polar surface area (TPSA) is 24.9 Å². The van der Waals surface area contributed by atoms with Crippen LogP contribution in [0.4, 0.5) is 0 Å². The summed E-state index contributed by atoms with van der Waals surface area (Å²) in [7, 11) is 7.85. The number of rotatable bonds is 7. The van der Waals surface area contributed by atoms with Gasteiger partial charge in [0.2, 0.25) is 0 Å². The summed E-state index contributed by atoms with van der Waals surface area (Å²) in [6.45, 7) is 3.91. The van der Waals surface area contributed by atoms with Gasteiger partial charge in [0.1, 0.15) is 5.75 Å². The van der Waals surface area contributed by atoms with Crippen molar-refractivity contribution in [3.8, 4) is 5.75 Å². The predicted octanol–water partition coefficient (Wildman–Crippen LogP) is 2.37. The third-order valence-corrected chi connectivity index (χ3v) is 4.29. The first-order chi connectivity index (χ1) is 10.1. The van der Waals surface area contributed by atoms with Crippen LogP contribution in [0.2, 0.25) is 0 Å². The van der Waals surface area contributed by atoms with Crippen molar-refractivity contribution in [2.75, 3.05) is 41.4 Å². The molecule has 118 valence electrons. The van der Waals surface area contributed by atoms with Gasteiger partial charge in [-0.05, 0) is 51.2 Å². The molecule has 21 heavy (non-hydrogen) atoms. The average molecular weight is 292 g/mol. The number of hydrogen-bond donors (Lipinski definition) is 0. The molecular weight excluding hydrogens is 264 g/mol. The maximum atomic E-state index is 5.38. The number of ether oxygens (including phenoxy) is 2. The summed E-state index contributed by atoms with van der Waals surface area (Å²) < 4.78 is 10.6. The summed E-state index contributed by atoms with van der Waals surface area (Å²) in [6.07, 6.45) is 2.65. The van der Waals surface area contributed by atoms with E-state index in [-0.39, 0.29) is 0 Å². The van der Waals surface area contributed by atoms with Gasteiger partial charge >= 0.3 is 0 Å². The molecule has 0 unspecified atom stereocenters. The van der Waals surface area contributed by atoms with Crippen molar-refractivity contribution in [3.63, 3.8) is 0 Å². The molecule has 0 spiro atoms. The summed E-state index contributed by atoms with van der Waals surface area (Å²) in [5.41, 5.74) is 2.43. The van der Waals surface area contributed by atoms with Crippen LogP contribution in [0.15, 0.2) is 18.2 Å². The Morgan fingerprint density at radius 1 is 1.33 bits per heavy atom. The van der Waals surface area contributed by atoms with Crippen LogP contribution in [0.3, 0.4) is 0 Å². The first-order valence-corrected chi connectivity index (χ1v) is 7.67. The summed E-state index contributed by atoms with van der Waals surface area (Å²) >= 11 is 0. The number of methoxy groups -OCH3 is 2. The minimum absolute atomic E-state index is 0.589. The lowest BCUT2D eigenvalue weighted by molar-refractivity contribution is 0.181. The highest BCUT2D eigenvalue weighted by Gasteiger charge is 2.22. The quantitative estimate of drug-likeness (QED) is 0.770. The van der Waals surface area contributed by atoms with Gasteiger partial charge in [-0.15, -0.1) is 0 Å². The third kappa shape index (κ3) is 4.43. The van der Waals surface area contributed by atoms with Crippen molar-refractivity contribution in [3.05, 3.63) is 29.3 Å². The molecule has 1 aromatic carbocycles. The molecule has 0 bridgehead atoms. The number of likely N-dealkylation sites (tertiary alicyclic amines) is 1. The van der Waals surface area contributed by atoms with E-state index in [1.807, 2.05) is 6.07 Å². The van der Waals surface area contributed by atoms with E-state index >= 15 is 0 Å². The van der Waals surface area contributed by atoms with Gasteiger partial charge in [0.25, 0.3) is 0 Å². The number of nitrogens with zero attached hydrogens (tertiary/aromatic N) is 2. The maximum absolute atomic E-state index is 5.38. The lowest BCUT2D eigenvalue weighted by atomic mass is 10.1. The second kappa shape index (κ2) is 7.78. The molecule has 1 aliphatic heterocycles.